The van der Waals surface area contributed by atoms with E-state index in [0.29, 0.717) is 16.0 Å². The summed E-state index contributed by atoms with van der Waals surface area (Å²) >= 11 is 1.98. The van der Waals surface area contributed by atoms with Crippen molar-refractivity contribution in [1.29, 1.82) is 0 Å². The van der Waals surface area contributed by atoms with Gasteiger partial charge in [0, 0.05) is 42.4 Å². The van der Waals surface area contributed by atoms with Crippen LogP contribution < -0.4 is 5.32 Å². The third-order valence-electron chi connectivity index (χ3n) is 5.44. The predicted octanol–water partition coefficient (Wildman–Crippen LogP) is 4.46. The van der Waals surface area contributed by atoms with Gasteiger partial charge in [0.25, 0.3) is 5.91 Å². The largest absolute Gasteiger partial charge is 0.322 e. The van der Waals surface area contributed by atoms with E-state index in [1.165, 1.54) is 0 Å². The Balaban J connectivity index is 1.42. The van der Waals surface area contributed by atoms with Crippen LogP contribution in [0.1, 0.15) is 21.5 Å². The molecule has 7 heteroatoms. The summed E-state index contributed by atoms with van der Waals surface area (Å²) in [6.45, 7) is 2.92. The number of hydrogen-bond donors (Lipinski definition) is 1. The highest BCUT2D eigenvalue weighted by Gasteiger charge is 2.17. The van der Waals surface area contributed by atoms with Crippen LogP contribution in [-0.2, 0) is 22.1 Å². The Kier molecular flexibility index (Phi) is 7.29. The van der Waals surface area contributed by atoms with Crippen LogP contribution in [0.2, 0.25) is 0 Å². The Labute approximate surface area is 193 Å². The van der Waals surface area contributed by atoms with Crippen LogP contribution in [0.25, 0.3) is 0 Å². The van der Waals surface area contributed by atoms with E-state index in [4.69, 9.17) is 0 Å². The number of carbonyl (C=O) groups is 1. The number of para-hydroxylation sites is 1. The smallest absolute Gasteiger partial charge is 0.255 e. The van der Waals surface area contributed by atoms with E-state index in [1.54, 1.807) is 54.6 Å². The van der Waals surface area contributed by atoms with Crippen molar-refractivity contribution in [1.82, 2.24) is 4.90 Å². The summed E-state index contributed by atoms with van der Waals surface area (Å²) in [4.78, 5) is 15.5. The molecule has 1 saturated heterocycles. The van der Waals surface area contributed by atoms with Gasteiger partial charge in [-0.3, -0.25) is 9.69 Å². The average Bonchev–Trinajstić information content (AvgIpc) is 2.82. The summed E-state index contributed by atoms with van der Waals surface area (Å²) in [6.07, 6.45) is 0. The molecule has 1 amide bonds. The van der Waals surface area contributed by atoms with Gasteiger partial charge in [-0.25, -0.2) is 8.42 Å². The fourth-order valence-electron chi connectivity index (χ4n) is 3.66. The molecular formula is C25H26N2O3S2. The first kappa shape index (κ1) is 22.6. The maximum atomic E-state index is 12.8. The van der Waals surface area contributed by atoms with Crippen molar-refractivity contribution >= 4 is 33.2 Å². The molecule has 0 radical (unpaired) electrons. The molecule has 1 aliphatic heterocycles. The van der Waals surface area contributed by atoms with E-state index >= 15 is 0 Å². The minimum atomic E-state index is -3.42. The van der Waals surface area contributed by atoms with Crippen LogP contribution in [-0.4, -0.2) is 43.8 Å². The third-order valence-corrected chi connectivity index (χ3v) is 8.08. The second-order valence-corrected chi connectivity index (χ2v) is 11.0. The fourth-order valence-corrected chi connectivity index (χ4v) is 6.01. The number of nitrogens with one attached hydrogen (secondary N) is 1. The van der Waals surface area contributed by atoms with E-state index in [1.807, 2.05) is 30.0 Å². The van der Waals surface area contributed by atoms with E-state index in [0.717, 1.165) is 42.4 Å². The topological polar surface area (TPSA) is 66.5 Å². The van der Waals surface area contributed by atoms with Gasteiger partial charge in [0.05, 0.1) is 10.6 Å². The van der Waals surface area contributed by atoms with Crippen molar-refractivity contribution in [3.63, 3.8) is 0 Å². The zero-order chi connectivity index (χ0) is 22.4. The Bertz CT molecular complexity index is 1160. The highest BCUT2D eigenvalue weighted by molar-refractivity contribution is 7.99. The summed E-state index contributed by atoms with van der Waals surface area (Å²) < 4.78 is 25.2. The molecule has 1 heterocycles. The van der Waals surface area contributed by atoms with Crippen LogP contribution >= 0.6 is 11.8 Å². The average molecular weight is 467 g/mol. The van der Waals surface area contributed by atoms with Crippen molar-refractivity contribution < 1.29 is 13.2 Å². The minimum Gasteiger partial charge on any atom is -0.322 e. The second kappa shape index (κ2) is 10.3. The van der Waals surface area contributed by atoms with Crippen LogP contribution in [0.3, 0.4) is 0 Å². The Morgan fingerprint density at radius 1 is 0.875 bits per heavy atom. The molecule has 3 aromatic rings. The maximum Gasteiger partial charge on any atom is 0.255 e. The lowest BCUT2D eigenvalue weighted by molar-refractivity contribution is 0.102. The molecule has 0 aliphatic carbocycles. The lowest BCUT2D eigenvalue weighted by Crippen LogP contribution is -2.32. The van der Waals surface area contributed by atoms with Crippen LogP contribution in [0, 0.1) is 0 Å². The first-order chi connectivity index (χ1) is 15.5. The highest BCUT2D eigenvalue weighted by Crippen LogP contribution is 2.21. The van der Waals surface area contributed by atoms with E-state index in [9.17, 15) is 13.2 Å². The van der Waals surface area contributed by atoms with Crippen LogP contribution in [0.15, 0.2) is 83.8 Å². The fraction of sp³-hybridized carbons (Fsp3) is 0.240. The van der Waals surface area contributed by atoms with Crippen LogP contribution in [0.4, 0.5) is 5.69 Å². The quantitative estimate of drug-likeness (QED) is 0.557. The first-order valence-electron chi connectivity index (χ1n) is 10.6. The molecular weight excluding hydrogens is 440 g/mol. The normalized spacial score (nSPS) is 14.8. The van der Waals surface area contributed by atoms with Crippen molar-refractivity contribution in [3.8, 4) is 0 Å². The highest BCUT2D eigenvalue weighted by atomic mass is 32.2. The molecule has 0 bridgehead atoms. The van der Waals surface area contributed by atoms with E-state index in [-0.39, 0.29) is 11.7 Å². The van der Waals surface area contributed by atoms with Gasteiger partial charge in [-0.1, -0.05) is 48.5 Å². The third kappa shape index (κ3) is 5.79. The van der Waals surface area contributed by atoms with Crippen molar-refractivity contribution in [2.75, 3.05) is 29.9 Å². The molecule has 32 heavy (non-hydrogen) atoms. The zero-order valence-corrected chi connectivity index (χ0v) is 19.4. The Hall–Kier alpha value is -2.61. The van der Waals surface area contributed by atoms with Gasteiger partial charge in [0.1, 0.15) is 0 Å². The molecule has 0 saturated carbocycles. The van der Waals surface area contributed by atoms with Gasteiger partial charge in [-0.2, -0.15) is 11.8 Å². The molecule has 4 rings (SSSR count). The SMILES string of the molecule is O=C(Nc1ccccc1CN1CCSCC1)c1ccc(CS(=O)(=O)c2ccccc2)cc1. The van der Waals surface area contributed by atoms with Gasteiger partial charge in [0.2, 0.25) is 0 Å². The summed E-state index contributed by atoms with van der Waals surface area (Å²) in [5.74, 6) is 1.97. The lowest BCUT2D eigenvalue weighted by Gasteiger charge is -2.27. The first-order valence-corrected chi connectivity index (χ1v) is 13.4. The molecule has 0 aromatic heterocycles. The molecule has 0 spiro atoms. The Morgan fingerprint density at radius 2 is 1.53 bits per heavy atom. The number of thioether (sulfide) groups is 1. The van der Waals surface area contributed by atoms with Crippen molar-refractivity contribution in [2.24, 2.45) is 0 Å². The van der Waals surface area contributed by atoms with Gasteiger partial charge in [-0.15, -0.1) is 0 Å². The van der Waals surface area contributed by atoms with Gasteiger partial charge in [0.15, 0.2) is 9.84 Å². The predicted molar refractivity (Wildman–Crippen MR) is 131 cm³/mol. The van der Waals surface area contributed by atoms with E-state index in [2.05, 4.69) is 16.3 Å². The number of amides is 1. The van der Waals surface area contributed by atoms with Crippen LogP contribution in [0.5, 0.6) is 0 Å². The molecule has 0 unspecified atom stereocenters. The molecule has 166 valence electrons. The number of sulfone groups is 1. The Morgan fingerprint density at radius 3 is 2.25 bits per heavy atom. The molecule has 0 atom stereocenters. The van der Waals surface area contributed by atoms with Gasteiger partial charge < -0.3 is 5.32 Å². The number of hydrogen-bond acceptors (Lipinski definition) is 5. The maximum absolute atomic E-state index is 12.8. The lowest BCUT2D eigenvalue weighted by atomic mass is 10.1. The number of nitrogens with zero attached hydrogens (tertiary/aromatic N) is 1. The standard InChI is InChI=1S/C25H26N2O3S2/c28-25(26-24-9-5-4-6-22(24)18-27-14-16-31-17-15-27)21-12-10-20(11-13-21)19-32(29,30)23-7-2-1-3-8-23/h1-13H,14-19H2,(H,26,28). The molecule has 1 aliphatic rings. The summed E-state index contributed by atoms with van der Waals surface area (Å²) in [7, 11) is -3.42. The van der Waals surface area contributed by atoms with Gasteiger partial charge in [-0.05, 0) is 41.5 Å². The zero-order valence-electron chi connectivity index (χ0n) is 17.7. The van der Waals surface area contributed by atoms with Gasteiger partial charge >= 0.3 is 0 Å². The molecule has 1 fully saturated rings. The molecule has 1 N–H and O–H groups in total. The number of benzene rings is 3. The number of carbonyl (C=O) groups excluding carboxylic acids is 1. The summed E-state index contributed by atoms with van der Waals surface area (Å²) in [5, 5.41) is 3.02. The van der Waals surface area contributed by atoms with E-state index < -0.39 is 9.84 Å². The summed E-state index contributed by atoms with van der Waals surface area (Å²) in [5.41, 5.74) is 3.05. The van der Waals surface area contributed by atoms with Crippen molar-refractivity contribution in [3.05, 3.63) is 95.6 Å². The molecule has 3 aromatic carbocycles. The minimum absolute atomic E-state index is 0.101. The second-order valence-electron chi connectivity index (χ2n) is 7.77. The monoisotopic (exact) mass is 466 g/mol. The number of rotatable bonds is 7. The summed E-state index contributed by atoms with van der Waals surface area (Å²) in [6, 6.07) is 23.0. The molecule has 5 nitrogen and oxygen atoms in total. The number of anilines is 1. The van der Waals surface area contributed by atoms with Crippen molar-refractivity contribution in [2.45, 2.75) is 17.2 Å².